The highest BCUT2D eigenvalue weighted by atomic mass is 19.1. The first-order chi connectivity index (χ1) is 6.22. The summed E-state index contributed by atoms with van der Waals surface area (Å²) in [6, 6.07) is 6.76. The Morgan fingerprint density at radius 1 is 1.31 bits per heavy atom. The quantitative estimate of drug-likeness (QED) is 0.758. The topological polar surface area (TPSA) is 26.0 Å². The maximum atomic E-state index is 12.5. The Bertz CT molecular complexity index is 243. The van der Waals surface area contributed by atoms with Gasteiger partial charge >= 0.3 is 0 Å². The summed E-state index contributed by atoms with van der Waals surface area (Å²) in [5, 5.41) is 0. The number of hydrogen-bond acceptors (Lipinski definition) is 1. The highest BCUT2D eigenvalue weighted by Crippen LogP contribution is 2.07. The van der Waals surface area contributed by atoms with Crippen molar-refractivity contribution in [3.05, 3.63) is 35.6 Å². The van der Waals surface area contributed by atoms with Crippen LogP contribution in [-0.4, -0.2) is 6.04 Å². The highest BCUT2D eigenvalue weighted by molar-refractivity contribution is 5.16. The van der Waals surface area contributed by atoms with Crippen molar-refractivity contribution >= 4 is 0 Å². The molecule has 1 aromatic rings. The van der Waals surface area contributed by atoms with Crippen LogP contribution < -0.4 is 5.73 Å². The van der Waals surface area contributed by atoms with Crippen LogP contribution in [0.15, 0.2) is 24.3 Å². The summed E-state index contributed by atoms with van der Waals surface area (Å²) in [6.07, 6.45) is 2.97. The molecule has 0 aliphatic rings. The van der Waals surface area contributed by atoms with Crippen LogP contribution in [0.1, 0.15) is 25.3 Å². The smallest absolute Gasteiger partial charge is 0.123 e. The molecule has 0 radical (unpaired) electrons. The zero-order chi connectivity index (χ0) is 9.68. The van der Waals surface area contributed by atoms with Gasteiger partial charge in [0.2, 0.25) is 0 Å². The Labute approximate surface area is 78.8 Å². The Balaban J connectivity index is 2.49. The molecule has 72 valence electrons. The van der Waals surface area contributed by atoms with Crippen LogP contribution in [0.3, 0.4) is 0 Å². The molecule has 1 nitrogen and oxygen atoms in total. The third kappa shape index (κ3) is 3.55. The van der Waals surface area contributed by atoms with Crippen LogP contribution in [0.5, 0.6) is 0 Å². The van der Waals surface area contributed by atoms with Gasteiger partial charge in [0.25, 0.3) is 0 Å². The van der Waals surface area contributed by atoms with Crippen molar-refractivity contribution in [1.82, 2.24) is 0 Å². The molecule has 0 unspecified atom stereocenters. The van der Waals surface area contributed by atoms with E-state index >= 15 is 0 Å². The van der Waals surface area contributed by atoms with Crippen molar-refractivity contribution in [1.29, 1.82) is 0 Å². The predicted molar refractivity (Wildman–Crippen MR) is 53.0 cm³/mol. The Kier molecular flexibility index (Phi) is 3.90. The Hall–Kier alpha value is -0.890. The van der Waals surface area contributed by atoms with Gasteiger partial charge in [-0.15, -0.1) is 0 Å². The zero-order valence-electron chi connectivity index (χ0n) is 7.96. The first-order valence-corrected chi connectivity index (χ1v) is 4.72. The monoisotopic (exact) mass is 181 g/mol. The summed E-state index contributed by atoms with van der Waals surface area (Å²) in [5.41, 5.74) is 6.97. The van der Waals surface area contributed by atoms with Crippen LogP contribution in [-0.2, 0) is 6.42 Å². The van der Waals surface area contributed by atoms with Crippen molar-refractivity contribution in [2.75, 3.05) is 0 Å². The number of rotatable bonds is 4. The average Bonchev–Trinajstić information content (AvgIpc) is 2.09. The van der Waals surface area contributed by atoms with Gasteiger partial charge < -0.3 is 5.73 Å². The number of benzene rings is 1. The van der Waals surface area contributed by atoms with Crippen LogP contribution in [0.4, 0.5) is 4.39 Å². The molecule has 0 fully saturated rings. The molecule has 1 rings (SSSR count). The van der Waals surface area contributed by atoms with Crippen LogP contribution in [0, 0.1) is 5.82 Å². The highest BCUT2D eigenvalue weighted by Gasteiger charge is 2.02. The minimum atomic E-state index is -0.187. The van der Waals surface area contributed by atoms with E-state index in [0.29, 0.717) is 0 Å². The standard InChI is InChI=1S/C11H16FN/c1-2-3-11(13)8-9-4-6-10(12)7-5-9/h4-7,11H,2-3,8,13H2,1H3/t11-/m0/s1. The Morgan fingerprint density at radius 2 is 1.92 bits per heavy atom. The van der Waals surface area contributed by atoms with Gasteiger partial charge in [-0.3, -0.25) is 0 Å². The fourth-order valence-corrected chi connectivity index (χ4v) is 1.40. The van der Waals surface area contributed by atoms with E-state index in [4.69, 9.17) is 5.73 Å². The summed E-state index contributed by atoms with van der Waals surface area (Å²) in [5.74, 6) is -0.187. The van der Waals surface area contributed by atoms with E-state index in [1.54, 1.807) is 12.1 Å². The molecule has 0 bridgehead atoms. The molecule has 0 aliphatic heterocycles. The van der Waals surface area contributed by atoms with Crippen molar-refractivity contribution in [2.24, 2.45) is 5.73 Å². The van der Waals surface area contributed by atoms with E-state index in [9.17, 15) is 4.39 Å². The van der Waals surface area contributed by atoms with Crippen LogP contribution in [0.2, 0.25) is 0 Å². The lowest BCUT2D eigenvalue weighted by Gasteiger charge is -2.09. The second-order valence-electron chi connectivity index (χ2n) is 3.38. The number of nitrogens with two attached hydrogens (primary N) is 1. The van der Waals surface area contributed by atoms with Gasteiger partial charge in [-0.05, 0) is 30.5 Å². The fourth-order valence-electron chi connectivity index (χ4n) is 1.40. The minimum absolute atomic E-state index is 0.187. The van der Waals surface area contributed by atoms with Gasteiger partial charge in [-0.2, -0.15) is 0 Å². The van der Waals surface area contributed by atoms with Crippen molar-refractivity contribution in [3.63, 3.8) is 0 Å². The second-order valence-corrected chi connectivity index (χ2v) is 3.38. The maximum Gasteiger partial charge on any atom is 0.123 e. The molecular weight excluding hydrogens is 165 g/mol. The molecule has 0 saturated carbocycles. The van der Waals surface area contributed by atoms with Gasteiger partial charge in [0.1, 0.15) is 5.82 Å². The minimum Gasteiger partial charge on any atom is -0.327 e. The predicted octanol–water partition coefficient (Wildman–Crippen LogP) is 2.50. The molecule has 0 saturated heterocycles. The molecule has 0 aliphatic carbocycles. The molecule has 0 amide bonds. The lowest BCUT2D eigenvalue weighted by atomic mass is 10.0. The van der Waals surface area contributed by atoms with E-state index in [-0.39, 0.29) is 11.9 Å². The lowest BCUT2D eigenvalue weighted by molar-refractivity contribution is 0.596. The molecule has 1 atom stereocenters. The van der Waals surface area contributed by atoms with E-state index in [1.807, 2.05) is 0 Å². The summed E-state index contributed by atoms with van der Waals surface area (Å²) in [4.78, 5) is 0. The largest absolute Gasteiger partial charge is 0.327 e. The molecule has 0 spiro atoms. The summed E-state index contributed by atoms with van der Waals surface area (Å²) in [7, 11) is 0. The third-order valence-electron chi connectivity index (χ3n) is 2.07. The van der Waals surface area contributed by atoms with Gasteiger partial charge in [0, 0.05) is 6.04 Å². The summed E-state index contributed by atoms with van der Waals surface area (Å²) < 4.78 is 12.5. The third-order valence-corrected chi connectivity index (χ3v) is 2.07. The van der Waals surface area contributed by atoms with Gasteiger partial charge in [0.05, 0.1) is 0 Å². The average molecular weight is 181 g/mol. The zero-order valence-corrected chi connectivity index (χ0v) is 7.96. The second kappa shape index (κ2) is 4.97. The summed E-state index contributed by atoms with van der Waals surface area (Å²) in [6.45, 7) is 2.12. The van der Waals surface area contributed by atoms with Gasteiger partial charge in [0.15, 0.2) is 0 Å². The molecular formula is C11H16FN. The normalized spacial score (nSPS) is 12.8. The van der Waals surface area contributed by atoms with E-state index in [1.165, 1.54) is 12.1 Å². The molecule has 0 heterocycles. The van der Waals surface area contributed by atoms with Crippen LogP contribution in [0.25, 0.3) is 0 Å². The summed E-state index contributed by atoms with van der Waals surface area (Å²) >= 11 is 0. The molecule has 2 N–H and O–H groups in total. The molecule has 13 heavy (non-hydrogen) atoms. The van der Waals surface area contributed by atoms with Crippen LogP contribution >= 0.6 is 0 Å². The molecule has 0 aromatic heterocycles. The van der Waals surface area contributed by atoms with E-state index in [2.05, 4.69) is 6.92 Å². The van der Waals surface area contributed by atoms with Gasteiger partial charge in [-0.1, -0.05) is 25.5 Å². The maximum absolute atomic E-state index is 12.5. The van der Waals surface area contributed by atoms with E-state index < -0.39 is 0 Å². The molecule has 2 heteroatoms. The van der Waals surface area contributed by atoms with Crippen molar-refractivity contribution in [3.8, 4) is 0 Å². The van der Waals surface area contributed by atoms with Gasteiger partial charge in [-0.25, -0.2) is 4.39 Å². The fraction of sp³-hybridized carbons (Fsp3) is 0.455. The Morgan fingerprint density at radius 3 is 2.46 bits per heavy atom. The van der Waals surface area contributed by atoms with Crippen molar-refractivity contribution < 1.29 is 4.39 Å². The molecule has 1 aromatic carbocycles. The SMILES string of the molecule is CCC[C@H](N)Cc1ccc(F)cc1. The van der Waals surface area contributed by atoms with Crippen molar-refractivity contribution in [2.45, 2.75) is 32.2 Å². The van der Waals surface area contributed by atoms with E-state index in [0.717, 1.165) is 24.8 Å². The number of halogens is 1. The lowest BCUT2D eigenvalue weighted by Crippen LogP contribution is -2.22. The first kappa shape index (κ1) is 10.2. The first-order valence-electron chi connectivity index (χ1n) is 4.72. The number of hydrogen-bond donors (Lipinski definition) is 1.